The fourth-order valence-electron chi connectivity index (χ4n) is 3.33. The number of unbranched alkanes of at least 4 members (excludes halogenated alkanes) is 1. The Morgan fingerprint density at radius 1 is 0.718 bits per heavy atom. The van der Waals surface area contributed by atoms with Crippen molar-refractivity contribution in [3.05, 3.63) is 0 Å². The van der Waals surface area contributed by atoms with Crippen LogP contribution in [0.3, 0.4) is 0 Å². The average Bonchev–Trinajstić information content (AvgIpc) is 2.85. The van der Waals surface area contributed by atoms with Crippen LogP contribution >= 0.6 is 0 Å². The zero-order valence-electron chi connectivity index (χ0n) is 22.3. The Kier molecular flexibility index (Phi) is 17.5. The molecule has 0 aromatic rings. The number of carboxylic acid groups (broad SMARTS) is 1. The van der Waals surface area contributed by atoms with E-state index in [0.29, 0.717) is 25.8 Å². The summed E-state index contributed by atoms with van der Waals surface area (Å²) in [5.41, 5.74) is 32.4. The molecule has 0 spiro atoms. The topological polar surface area (TPSA) is 326 Å². The van der Waals surface area contributed by atoms with Gasteiger partial charge in [-0.3, -0.25) is 24.4 Å². The molecular weight excluding hydrogens is 514 g/mol. The van der Waals surface area contributed by atoms with E-state index in [2.05, 4.69) is 25.9 Å². The van der Waals surface area contributed by atoms with E-state index in [1.54, 1.807) is 0 Å². The van der Waals surface area contributed by atoms with Crippen molar-refractivity contribution >= 4 is 35.6 Å². The zero-order chi connectivity index (χ0) is 30.0. The first kappa shape index (κ1) is 35.3. The molecule has 0 radical (unpaired) electrons. The van der Waals surface area contributed by atoms with Crippen LogP contribution in [0.1, 0.15) is 51.9 Å². The molecule has 0 aliphatic carbocycles. The van der Waals surface area contributed by atoms with Crippen molar-refractivity contribution in [1.82, 2.24) is 16.0 Å². The zero-order valence-corrected chi connectivity index (χ0v) is 22.3. The van der Waals surface area contributed by atoms with Gasteiger partial charge in [0.2, 0.25) is 17.7 Å². The van der Waals surface area contributed by atoms with E-state index in [-0.39, 0.29) is 50.7 Å². The molecule has 17 heteroatoms. The molecule has 224 valence electrons. The van der Waals surface area contributed by atoms with E-state index < -0.39 is 54.0 Å². The Labute approximate surface area is 227 Å². The van der Waals surface area contributed by atoms with Gasteiger partial charge in [0.25, 0.3) is 0 Å². The molecule has 0 rings (SSSR count). The summed E-state index contributed by atoms with van der Waals surface area (Å²) < 4.78 is 0. The Bertz CT molecular complexity index is 844. The van der Waals surface area contributed by atoms with Crippen LogP contribution in [0.15, 0.2) is 9.98 Å². The first-order valence-electron chi connectivity index (χ1n) is 12.7. The number of nitrogens with two attached hydrogens (primary N) is 6. The quantitative estimate of drug-likeness (QED) is 0.0381. The molecule has 0 saturated carbocycles. The third-order valence-electron chi connectivity index (χ3n) is 5.54. The molecule has 0 heterocycles. The molecule has 0 aliphatic rings. The summed E-state index contributed by atoms with van der Waals surface area (Å²) in [6, 6.07) is -4.81. The molecule has 0 aromatic heterocycles. The molecule has 17 N–H and O–H groups in total. The number of nitrogens with one attached hydrogen (secondary N) is 3. The van der Waals surface area contributed by atoms with Crippen molar-refractivity contribution in [2.75, 3.05) is 19.6 Å². The van der Waals surface area contributed by atoms with Crippen LogP contribution in [0, 0.1) is 0 Å². The molecule has 17 nitrogen and oxygen atoms in total. The van der Waals surface area contributed by atoms with Gasteiger partial charge in [-0.1, -0.05) is 0 Å². The molecule has 0 aliphatic heterocycles. The van der Waals surface area contributed by atoms with E-state index in [4.69, 9.17) is 34.4 Å². The number of hydrogen-bond acceptors (Lipinski definition) is 9. The summed E-state index contributed by atoms with van der Waals surface area (Å²) in [5, 5.41) is 26.7. The van der Waals surface area contributed by atoms with Gasteiger partial charge in [-0.2, -0.15) is 0 Å². The fraction of sp³-hybridized carbons (Fsp3) is 0.727. The summed E-state index contributed by atoms with van der Waals surface area (Å²) in [6.45, 7) is 2.02. The number of amides is 3. The van der Waals surface area contributed by atoms with Crippen LogP contribution in [0.2, 0.25) is 0 Å². The van der Waals surface area contributed by atoms with Crippen molar-refractivity contribution in [2.24, 2.45) is 44.4 Å². The molecule has 0 aromatic carbocycles. The lowest BCUT2D eigenvalue weighted by atomic mass is 10.0. The average molecular weight is 560 g/mol. The van der Waals surface area contributed by atoms with Gasteiger partial charge in [-0.05, 0) is 58.4 Å². The number of guanidine groups is 2. The third-order valence-corrected chi connectivity index (χ3v) is 5.54. The minimum Gasteiger partial charge on any atom is -0.480 e. The van der Waals surface area contributed by atoms with Gasteiger partial charge in [0.1, 0.15) is 24.2 Å². The highest BCUT2D eigenvalue weighted by Gasteiger charge is 2.30. The summed E-state index contributed by atoms with van der Waals surface area (Å²) in [7, 11) is 0. The highest BCUT2D eigenvalue weighted by molar-refractivity contribution is 5.94. The predicted molar refractivity (Wildman–Crippen MR) is 146 cm³/mol. The van der Waals surface area contributed by atoms with E-state index in [1.165, 1.54) is 6.92 Å². The number of aliphatic imine (C=N–C) groups is 2. The van der Waals surface area contributed by atoms with Crippen LogP contribution in [-0.2, 0) is 19.2 Å². The van der Waals surface area contributed by atoms with Crippen LogP contribution in [0.4, 0.5) is 0 Å². The lowest BCUT2D eigenvalue weighted by Gasteiger charge is -2.25. The maximum Gasteiger partial charge on any atom is 0.326 e. The predicted octanol–water partition coefficient (Wildman–Crippen LogP) is -4.53. The number of rotatable bonds is 20. The van der Waals surface area contributed by atoms with Crippen molar-refractivity contribution in [3.8, 4) is 0 Å². The molecule has 39 heavy (non-hydrogen) atoms. The summed E-state index contributed by atoms with van der Waals surface area (Å²) in [5.74, 6) is -3.75. The standard InChI is InChI=1S/C22H45N11O6/c1-12(34)16(24)19(37)32-14(7-4-10-29-21(25)26)17(35)31-13(6-2-3-9-23)18(36)33-15(20(38)39)8-5-11-30-22(27)28/h12-16,34H,2-11,23-24H2,1H3,(H,31,35)(H,32,37)(H,33,36)(H,38,39)(H4,25,26,29)(H4,27,28,30)/t12-,13+,14+,15+,16+/m1/s1. The third kappa shape index (κ3) is 16.0. The molecule has 5 atom stereocenters. The first-order valence-corrected chi connectivity index (χ1v) is 12.7. The minimum atomic E-state index is -1.29. The normalized spacial score (nSPS) is 14.6. The van der Waals surface area contributed by atoms with Gasteiger partial charge in [-0.15, -0.1) is 0 Å². The van der Waals surface area contributed by atoms with Gasteiger partial charge < -0.3 is 60.6 Å². The highest BCUT2D eigenvalue weighted by atomic mass is 16.4. The number of carbonyl (C=O) groups is 4. The molecule has 0 saturated heterocycles. The lowest BCUT2D eigenvalue weighted by molar-refractivity contribution is -0.142. The fourth-order valence-corrected chi connectivity index (χ4v) is 3.33. The van der Waals surface area contributed by atoms with Crippen LogP contribution in [0.5, 0.6) is 0 Å². The van der Waals surface area contributed by atoms with E-state index in [0.717, 1.165) is 0 Å². The number of carboxylic acids is 1. The SMILES string of the molecule is C[C@@H](O)[C@H](N)C(=O)N[C@@H](CCCN=C(N)N)C(=O)N[C@@H](CCCCN)C(=O)N[C@@H](CCCN=C(N)N)C(=O)O. The van der Waals surface area contributed by atoms with Gasteiger partial charge >= 0.3 is 5.97 Å². The Morgan fingerprint density at radius 3 is 1.54 bits per heavy atom. The second kappa shape index (κ2) is 19.4. The second-order valence-electron chi connectivity index (χ2n) is 8.97. The van der Waals surface area contributed by atoms with E-state index >= 15 is 0 Å². The van der Waals surface area contributed by atoms with Crippen LogP contribution in [0.25, 0.3) is 0 Å². The van der Waals surface area contributed by atoms with Crippen LogP contribution in [-0.4, -0.2) is 95.7 Å². The van der Waals surface area contributed by atoms with Gasteiger partial charge in [0.15, 0.2) is 11.9 Å². The highest BCUT2D eigenvalue weighted by Crippen LogP contribution is 2.07. The maximum absolute atomic E-state index is 13.2. The molecule has 3 amide bonds. The summed E-state index contributed by atoms with van der Waals surface area (Å²) in [6.07, 6.45) is 0.714. The molecule has 0 unspecified atom stereocenters. The van der Waals surface area contributed by atoms with Gasteiger partial charge in [0, 0.05) is 13.1 Å². The summed E-state index contributed by atoms with van der Waals surface area (Å²) >= 11 is 0. The van der Waals surface area contributed by atoms with Gasteiger partial charge in [0.05, 0.1) is 6.10 Å². The Balaban J connectivity index is 5.61. The first-order chi connectivity index (χ1) is 18.3. The monoisotopic (exact) mass is 559 g/mol. The number of hydrogen-bond donors (Lipinski definition) is 11. The van der Waals surface area contributed by atoms with E-state index in [9.17, 15) is 29.4 Å². The van der Waals surface area contributed by atoms with Crippen molar-refractivity contribution in [3.63, 3.8) is 0 Å². The van der Waals surface area contributed by atoms with Crippen molar-refractivity contribution in [2.45, 2.75) is 82.1 Å². The van der Waals surface area contributed by atoms with Gasteiger partial charge in [-0.25, -0.2) is 4.79 Å². The number of nitrogens with zero attached hydrogens (tertiary/aromatic N) is 2. The molecular formula is C22H45N11O6. The largest absolute Gasteiger partial charge is 0.480 e. The number of aliphatic carboxylic acids is 1. The number of carbonyl (C=O) groups excluding carboxylic acids is 3. The van der Waals surface area contributed by atoms with Crippen molar-refractivity contribution < 1.29 is 29.4 Å². The van der Waals surface area contributed by atoms with Crippen LogP contribution < -0.4 is 50.4 Å². The minimum absolute atomic E-state index is 0.0437. The summed E-state index contributed by atoms with van der Waals surface area (Å²) in [4.78, 5) is 57.9. The molecule has 0 bridgehead atoms. The Morgan fingerprint density at radius 2 is 1.13 bits per heavy atom. The van der Waals surface area contributed by atoms with Crippen molar-refractivity contribution in [1.29, 1.82) is 0 Å². The van der Waals surface area contributed by atoms with E-state index in [1.807, 2.05) is 0 Å². The lowest BCUT2D eigenvalue weighted by Crippen LogP contribution is -2.58. The second-order valence-corrected chi connectivity index (χ2v) is 8.97. The maximum atomic E-state index is 13.2. The molecule has 0 fully saturated rings. The Hall–Kier alpha value is -3.70. The number of aliphatic hydroxyl groups is 1. The smallest absolute Gasteiger partial charge is 0.326 e. The number of aliphatic hydroxyl groups excluding tert-OH is 1.